The van der Waals surface area contributed by atoms with Crippen LogP contribution in [0.25, 0.3) is 0 Å². The van der Waals surface area contributed by atoms with Crippen LogP contribution < -0.4 is 10.2 Å². The van der Waals surface area contributed by atoms with Gasteiger partial charge in [0.25, 0.3) is 11.8 Å². The fourth-order valence-electron chi connectivity index (χ4n) is 5.49. The Labute approximate surface area is 228 Å². The van der Waals surface area contributed by atoms with Gasteiger partial charge >= 0.3 is 0 Å². The maximum atomic E-state index is 13.9. The summed E-state index contributed by atoms with van der Waals surface area (Å²) in [4.78, 5) is 45.6. The van der Waals surface area contributed by atoms with E-state index in [0.717, 1.165) is 11.3 Å². The second kappa shape index (κ2) is 10.9. The number of nitrogens with one attached hydrogen (secondary N) is 1. The van der Waals surface area contributed by atoms with Crippen molar-refractivity contribution in [2.45, 2.75) is 31.3 Å². The molecule has 3 aromatic rings. The van der Waals surface area contributed by atoms with Gasteiger partial charge in [-0.2, -0.15) is 0 Å². The van der Waals surface area contributed by atoms with Crippen molar-refractivity contribution in [3.63, 3.8) is 0 Å². The van der Waals surface area contributed by atoms with Crippen LogP contribution in [-0.2, 0) is 9.59 Å². The summed E-state index contributed by atoms with van der Waals surface area (Å²) in [5.41, 5.74) is 1.58. The van der Waals surface area contributed by atoms with Gasteiger partial charge in [-0.1, -0.05) is 72.3 Å². The smallest absolute Gasteiger partial charge is 0.255 e. The van der Waals surface area contributed by atoms with Gasteiger partial charge < -0.3 is 20.0 Å². The van der Waals surface area contributed by atoms with Crippen molar-refractivity contribution in [2.24, 2.45) is 0 Å². The van der Waals surface area contributed by atoms with Crippen molar-refractivity contribution in [1.29, 1.82) is 0 Å². The number of anilines is 1. The summed E-state index contributed by atoms with van der Waals surface area (Å²) in [6.07, 6.45) is 0.935. The summed E-state index contributed by atoms with van der Waals surface area (Å²) in [7, 11) is 0. The van der Waals surface area contributed by atoms with E-state index < -0.39 is 5.54 Å². The molecule has 7 nitrogen and oxygen atoms in total. The minimum absolute atomic E-state index is 0.0244. The lowest BCUT2D eigenvalue weighted by molar-refractivity contribution is -0.137. The van der Waals surface area contributed by atoms with Crippen molar-refractivity contribution in [3.05, 3.63) is 101 Å². The topological polar surface area (TPSA) is 73.0 Å². The number of benzene rings is 3. The van der Waals surface area contributed by atoms with Crippen LogP contribution >= 0.6 is 11.6 Å². The largest absolute Gasteiger partial charge is 0.348 e. The molecule has 3 aromatic carbocycles. The molecule has 0 bridgehead atoms. The standard InChI is InChI=1S/C30H31ClN4O3/c1-22(23-10-4-2-5-11-23)32-27(36)20-34-21-35(24-12-6-3-7-13-24)30(29(34)38)16-18-33(19-17-30)28(37)25-14-8-9-15-26(25)31/h2-15,22H,16-21H2,1H3,(H,32,36). The van der Waals surface area contributed by atoms with E-state index in [1.165, 1.54) is 0 Å². The van der Waals surface area contributed by atoms with Gasteiger partial charge in [0.15, 0.2) is 0 Å². The van der Waals surface area contributed by atoms with Crippen LogP contribution in [0.15, 0.2) is 84.9 Å². The number of hydrogen-bond donors (Lipinski definition) is 1. The van der Waals surface area contributed by atoms with E-state index in [4.69, 9.17) is 11.6 Å². The molecule has 2 aliphatic heterocycles. The molecule has 0 aromatic heterocycles. The lowest BCUT2D eigenvalue weighted by Gasteiger charge is -2.43. The SMILES string of the molecule is CC(NC(=O)CN1CN(c2ccccc2)C2(CCN(C(=O)c3ccccc3Cl)CC2)C1=O)c1ccccc1. The molecule has 0 radical (unpaired) electrons. The molecular weight excluding hydrogens is 500 g/mol. The number of amides is 3. The summed E-state index contributed by atoms with van der Waals surface area (Å²) < 4.78 is 0. The average molecular weight is 531 g/mol. The van der Waals surface area contributed by atoms with Crippen molar-refractivity contribution in [2.75, 3.05) is 31.2 Å². The fraction of sp³-hybridized carbons (Fsp3) is 0.300. The summed E-state index contributed by atoms with van der Waals surface area (Å²) >= 11 is 6.27. The summed E-state index contributed by atoms with van der Waals surface area (Å²) in [5.74, 6) is -0.409. The maximum absolute atomic E-state index is 13.9. The van der Waals surface area contributed by atoms with Gasteiger partial charge in [0.05, 0.1) is 23.3 Å². The molecule has 2 fully saturated rings. The molecule has 1 atom stereocenters. The molecule has 38 heavy (non-hydrogen) atoms. The number of carbonyl (C=O) groups is 3. The highest BCUT2D eigenvalue weighted by atomic mass is 35.5. The molecule has 196 valence electrons. The van der Waals surface area contributed by atoms with Crippen LogP contribution in [0.5, 0.6) is 0 Å². The second-order valence-electron chi connectivity index (χ2n) is 9.91. The minimum Gasteiger partial charge on any atom is -0.348 e. The predicted molar refractivity (Wildman–Crippen MR) is 148 cm³/mol. The Bertz CT molecular complexity index is 1310. The lowest BCUT2D eigenvalue weighted by Crippen LogP contribution is -2.57. The first-order valence-electron chi connectivity index (χ1n) is 12.9. The van der Waals surface area contributed by atoms with Crippen LogP contribution in [0.1, 0.15) is 41.7 Å². The van der Waals surface area contributed by atoms with E-state index in [0.29, 0.717) is 43.2 Å². The van der Waals surface area contributed by atoms with Gasteiger partial charge in [-0.05, 0) is 49.6 Å². The Hall–Kier alpha value is -3.84. The van der Waals surface area contributed by atoms with Crippen LogP contribution in [0, 0.1) is 0 Å². The second-order valence-corrected chi connectivity index (χ2v) is 10.3. The van der Waals surface area contributed by atoms with Gasteiger partial charge in [-0.3, -0.25) is 14.4 Å². The van der Waals surface area contributed by atoms with E-state index in [1.54, 1.807) is 34.1 Å². The van der Waals surface area contributed by atoms with E-state index in [9.17, 15) is 14.4 Å². The first-order chi connectivity index (χ1) is 18.4. The first kappa shape index (κ1) is 25.8. The lowest BCUT2D eigenvalue weighted by atomic mass is 9.85. The molecule has 1 spiro atoms. The number of para-hydroxylation sites is 1. The van der Waals surface area contributed by atoms with Crippen molar-refractivity contribution in [3.8, 4) is 0 Å². The fourth-order valence-corrected chi connectivity index (χ4v) is 5.71. The zero-order chi connectivity index (χ0) is 26.7. The zero-order valence-electron chi connectivity index (χ0n) is 21.3. The van der Waals surface area contributed by atoms with Crippen molar-refractivity contribution in [1.82, 2.24) is 15.1 Å². The van der Waals surface area contributed by atoms with E-state index in [1.807, 2.05) is 67.6 Å². The predicted octanol–water partition coefficient (Wildman–Crippen LogP) is 4.50. The van der Waals surface area contributed by atoms with Gasteiger partial charge in [0, 0.05) is 18.8 Å². The number of nitrogens with zero attached hydrogens (tertiary/aromatic N) is 3. The van der Waals surface area contributed by atoms with E-state index in [-0.39, 0.29) is 30.3 Å². The highest BCUT2D eigenvalue weighted by molar-refractivity contribution is 6.33. The average Bonchev–Trinajstić information content (AvgIpc) is 3.20. The van der Waals surface area contributed by atoms with Crippen LogP contribution in [0.2, 0.25) is 5.02 Å². The maximum Gasteiger partial charge on any atom is 0.255 e. The van der Waals surface area contributed by atoms with Crippen molar-refractivity contribution >= 4 is 35.0 Å². The normalized spacial score (nSPS) is 17.5. The molecule has 0 saturated carbocycles. The Morgan fingerprint density at radius 1 is 0.921 bits per heavy atom. The number of rotatable bonds is 6. The minimum atomic E-state index is -0.816. The molecule has 8 heteroatoms. The Kier molecular flexibility index (Phi) is 7.38. The Morgan fingerprint density at radius 3 is 2.18 bits per heavy atom. The Morgan fingerprint density at radius 2 is 1.53 bits per heavy atom. The van der Waals surface area contributed by atoms with Crippen LogP contribution in [0.3, 0.4) is 0 Å². The monoisotopic (exact) mass is 530 g/mol. The van der Waals surface area contributed by atoms with Crippen LogP contribution in [0.4, 0.5) is 5.69 Å². The third kappa shape index (κ3) is 4.98. The first-order valence-corrected chi connectivity index (χ1v) is 13.3. The molecule has 1 unspecified atom stereocenters. The van der Waals surface area contributed by atoms with Gasteiger partial charge in [0.1, 0.15) is 12.1 Å². The number of halogens is 1. The number of piperidine rings is 1. The zero-order valence-corrected chi connectivity index (χ0v) is 22.1. The molecular formula is C30H31ClN4O3. The summed E-state index contributed by atoms with van der Waals surface area (Å²) in [6, 6.07) is 26.4. The number of carbonyl (C=O) groups excluding carboxylic acids is 3. The van der Waals surface area contributed by atoms with Crippen molar-refractivity contribution < 1.29 is 14.4 Å². The van der Waals surface area contributed by atoms with Gasteiger partial charge in [-0.25, -0.2) is 0 Å². The Balaban J connectivity index is 1.32. The molecule has 2 heterocycles. The molecule has 5 rings (SSSR count). The summed E-state index contributed by atoms with van der Waals surface area (Å²) in [5, 5.41) is 3.44. The molecule has 1 N–H and O–H groups in total. The van der Waals surface area contributed by atoms with Gasteiger partial charge in [0.2, 0.25) is 5.91 Å². The van der Waals surface area contributed by atoms with E-state index in [2.05, 4.69) is 10.2 Å². The van der Waals surface area contributed by atoms with E-state index >= 15 is 0 Å². The molecule has 3 amide bonds. The third-order valence-corrected chi connectivity index (χ3v) is 7.91. The third-order valence-electron chi connectivity index (χ3n) is 7.58. The molecule has 2 aliphatic rings. The highest BCUT2D eigenvalue weighted by Gasteiger charge is 2.54. The highest BCUT2D eigenvalue weighted by Crippen LogP contribution is 2.39. The molecule has 0 aliphatic carbocycles. The van der Waals surface area contributed by atoms with Gasteiger partial charge in [-0.15, -0.1) is 0 Å². The quantitative estimate of drug-likeness (QED) is 0.509. The number of hydrogen-bond acceptors (Lipinski definition) is 4. The molecule has 2 saturated heterocycles. The summed E-state index contributed by atoms with van der Waals surface area (Å²) in [6.45, 7) is 3.06. The number of likely N-dealkylation sites (tertiary alicyclic amines) is 1. The van der Waals surface area contributed by atoms with Crippen LogP contribution in [-0.4, -0.2) is 59.4 Å².